The van der Waals surface area contributed by atoms with Crippen LogP contribution in [0.25, 0.3) is 0 Å². The Bertz CT molecular complexity index is 1200. The number of amides is 1. The van der Waals surface area contributed by atoms with E-state index >= 15 is 0 Å². The smallest absolute Gasteiger partial charge is 0.264 e. The van der Waals surface area contributed by atoms with Crippen LogP contribution in [0.15, 0.2) is 88.2 Å². The molecule has 8 heteroatoms. The first-order valence-corrected chi connectivity index (χ1v) is 13.1. The van der Waals surface area contributed by atoms with Crippen LogP contribution in [0, 0.1) is 0 Å². The minimum Gasteiger partial charge on any atom is -0.372 e. The van der Waals surface area contributed by atoms with Crippen LogP contribution in [-0.4, -0.2) is 34.0 Å². The van der Waals surface area contributed by atoms with Gasteiger partial charge in [0.1, 0.15) is 6.54 Å². The molecule has 3 aromatic carbocycles. The van der Waals surface area contributed by atoms with Crippen LogP contribution >= 0.6 is 15.9 Å². The Morgan fingerprint density at radius 1 is 0.909 bits per heavy atom. The quantitative estimate of drug-likeness (QED) is 0.454. The number of benzene rings is 3. The summed E-state index contributed by atoms with van der Waals surface area (Å²) in [5, 5.41) is 2.84. The molecule has 0 aromatic heterocycles. The molecule has 33 heavy (non-hydrogen) atoms. The van der Waals surface area contributed by atoms with Crippen molar-refractivity contribution >= 4 is 48.9 Å². The van der Waals surface area contributed by atoms with E-state index in [1.54, 1.807) is 42.5 Å². The molecule has 0 spiro atoms. The first-order chi connectivity index (χ1) is 15.9. The molecule has 0 radical (unpaired) electrons. The maximum absolute atomic E-state index is 13.4. The van der Waals surface area contributed by atoms with Crippen molar-refractivity contribution in [2.24, 2.45) is 0 Å². The van der Waals surface area contributed by atoms with Crippen molar-refractivity contribution in [2.45, 2.75) is 24.2 Å². The van der Waals surface area contributed by atoms with E-state index in [0.717, 1.165) is 27.6 Å². The molecule has 6 nitrogen and oxygen atoms in total. The van der Waals surface area contributed by atoms with E-state index in [1.165, 1.54) is 31.4 Å². The molecule has 172 valence electrons. The summed E-state index contributed by atoms with van der Waals surface area (Å²) in [6.45, 7) is 1.75. The maximum atomic E-state index is 13.4. The molecule has 0 saturated carbocycles. The lowest BCUT2D eigenvalue weighted by atomic mass is 10.1. The van der Waals surface area contributed by atoms with Gasteiger partial charge >= 0.3 is 0 Å². The van der Waals surface area contributed by atoms with Gasteiger partial charge in [-0.05, 0) is 73.9 Å². The summed E-state index contributed by atoms with van der Waals surface area (Å²) in [6, 6.07) is 22.7. The summed E-state index contributed by atoms with van der Waals surface area (Å²) in [5.74, 6) is -0.416. The summed E-state index contributed by atoms with van der Waals surface area (Å²) in [6.07, 6.45) is 3.66. The number of nitrogens with one attached hydrogen (secondary N) is 1. The third kappa shape index (κ3) is 5.75. The third-order valence-electron chi connectivity index (χ3n) is 5.59. The molecular weight excluding hydrogens is 502 g/mol. The van der Waals surface area contributed by atoms with Crippen molar-refractivity contribution in [3.8, 4) is 0 Å². The van der Waals surface area contributed by atoms with Crippen molar-refractivity contribution in [2.75, 3.05) is 34.2 Å². The topological polar surface area (TPSA) is 69.7 Å². The van der Waals surface area contributed by atoms with E-state index in [1.807, 2.05) is 24.3 Å². The first-order valence-electron chi connectivity index (χ1n) is 10.9. The Kier molecular flexibility index (Phi) is 7.35. The van der Waals surface area contributed by atoms with Crippen LogP contribution in [0.2, 0.25) is 0 Å². The highest BCUT2D eigenvalue weighted by Crippen LogP contribution is 2.27. The van der Waals surface area contributed by atoms with Crippen LogP contribution in [0.3, 0.4) is 0 Å². The van der Waals surface area contributed by atoms with Gasteiger partial charge < -0.3 is 10.2 Å². The van der Waals surface area contributed by atoms with Crippen molar-refractivity contribution in [1.29, 1.82) is 0 Å². The normalized spacial score (nSPS) is 14.0. The number of halogens is 1. The lowest BCUT2D eigenvalue weighted by molar-refractivity contribution is -0.114. The van der Waals surface area contributed by atoms with Crippen LogP contribution in [0.1, 0.15) is 19.3 Å². The minimum atomic E-state index is -3.93. The van der Waals surface area contributed by atoms with Crippen LogP contribution in [0.4, 0.5) is 17.1 Å². The number of carbonyl (C=O) groups excluding carboxylic acids is 1. The number of hydrogen-bond donors (Lipinski definition) is 1. The molecule has 0 unspecified atom stereocenters. The molecular formula is C25H26BrN3O3S. The predicted molar refractivity (Wildman–Crippen MR) is 136 cm³/mol. The second-order valence-corrected chi connectivity index (χ2v) is 10.7. The van der Waals surface area contributed by atoms with Crippen molar-refractivity contribution in [1.82, 2.24) is 0 Å². The molecule has 3 aromatic rings. The number of sulfonamides is 1. The van der Waals surface area contributed by atoms with Crippen molar-refractivity contribution in [3.05, 3.63) is 83.3 Å². The van der Waals surface area contributed by atoms with E-state index in [-0.39, 0.29) is 11.4 Å². The number of carbonyl (C=O) groups is 1. The predicted octanol–water partition coefficient (Wildman–Crippen LogP) is 5.27. The molecule has 4 rings (SSSR count). The molecule has 0 atom stereocenters. The summed E-state index contributed by atoms with van der Waals surface area (Å²) in [5.41, 5.74) is 2.17. The molecule has 1 N–H and O–H groups in total. The van der Waals surface area contributed by atoms with E-state index in [2.05, 4.69) is 26.1 Å². The van der Waals surface area contributed by atoms with Gasteiger partial charge in [0, 0.05) is 28.9 Å². The fraction of sp³-hybridized carbons (Fsp3) is 0.240. The summed E-state index contributed by atoms with van der Waals surface area (Å²) < 4.78 is 28.6. The van der Waals surface area contributed by atoms with Gasteiger partial charge in [-0.25, -0.2) is 8.42 Å². The number of piperidine rings is 1. The zero-order chi connectivity index (χ0) is 23.3. The standard InChI is InChI=1S/C25H26BrN3O3S/c26-20-8-7-9-23(18-20)29(33(31,32)24-10-3-1-4-11-24)19-25(30)27-21-12-14-22(15-13-21)28-16-5-2-6-17-28/h1,3-4,7-15,18H,2,5-6,16-17,19H2,(H,27,30). The van der Waals surface area contributed by atoms with Gasteiger partial charge in [0.2, 0.25) is 5.91 Å². The second kappa shape index (κ2) is 10.4. The van der Waals surface area contributed by atoms with Crippen molar-refractivity contribution < 1.29 is 13.2 Å². The molecule has 1 aliphatic rings. The highest BCUT2D eigenvalue weighted by atomic mass is 79.9. The molecule has 1 heterocycles. The number of anilines is 3. The first kappa shape index (κ1) is 23.3. The molecule has 0 aliphatic carbocycles. The Morgan fingerprint density at radius 2 is 1.61 bits per heavy atom. The minimum absolute atomic E-state index is 0.128. The van der Waals surface area contributed by atoms with Gasteiger partial charge in [0.15, 0.2) is 0 Å². The van der Waals surface area contributed by atoms with E-state index in [4.69, 9.17) is 0 Å². The van der Waals surface area contributed by atoms with Gasteiger partial charge in [-0.2, -0.15) is 0 Å². The Balaban J connectivity index is 1.53. The average molecular weight is 528 g/mol. The van der Waals surface area contributed by atoms with Gasteiger partial charge in [0.05, 0.1) is 10.6 Å². The SMILES string of the molecule is O=C(CN(c1cccc(Br)c1)S(=O)(=O)c1ccccc1)Nc1ccc(N2CCCCC2)cc1. The molecule has 1 fully saturated rings. The molecule has 1 aliphatic heterocycles. The van der Waals surface area contributed by atoms with Crippen LogP contribution in [-0.2, 0) is 14.8 Å². The molecule has 0 bridgehead atoms. The lowest BCUT2D eigenvalue weighted by Gasteiger charge is -2.29. The van der Waals surface area contributed by atoms with Gasteiger partial charge in [0.25, 0.3) is 10.0 Å². The highest BCUT2D eigenvalue weighted by Gasteiger charge is 2.27. The zero-order valence-electron chi connectivity index (χ0n) is 18.2. The summed E-state index contributed by atoms with van der Waals surface area (Å²) >= 11 is 3.39. The number of hydrogen-bond acceptors (Lipinski definition) is 4. The van der Waals surface area contributed by atoms with Crippen molar-refractivity contribution in [3.63, 3.8) is 0 Å². The monoisotopic (exact) mass is 527 g/mol. The fourth-order valence-corrected chi connectivity index (χ4v) is 5.73. The second-order valence-electron chi connectivity index (χ2n) is 7.95. The largest absolute Gasteiger partial charge is 0.372 e. The highest BCUT2D eigenvalue weighted by molar-refractivity contribution is 9.10. The summed E-state index contributed by atoms with van der Waals surface area (Å²) in [4.78, 5) is 15.4. The lowest BCUT2D eigenvalue weighted by Crippen LogP contribution is -2.38. The fourth-order valence-electron chi connectivity index (χ4n) is 3.90. The maximum Gasteiger partial charge on any atom is 0.264 e. The third-order valence-corrected chi connectivity index (χ3v) is 7.87. The molecule has 1 amide bonds. The Labute approximate surface area is 203 Å². The van der Waals surface area contributed by atoms with E-state index in [9.17, 15) is 13.2 Å². The van der Waals surface area contributed by atoms with E-state index in [0.29, 0.717) is 11.4 Å². The van der Waals surface area contributed by atoms with Crippen LogP contribution in [0.5, 0.6) is 0 Å². The van der Waals surface area contributed by atoms with Gasteiger partial charge in [-0.1, -0.05) is 40.2 Å². The Morgan fingerprint density at radius 3 is 2.27 bits per heavy atom. The summed E-state index contributed by atoms with van der Waals surface area (Å²) in [7, 11) is -3.93. The number of rotatable bonds is 7. The zero-order valence-corrected chi connectivity index (χ0v) is 20.6. The van der Waals surface area contributed by atoms with Gasteiger partial charge in [-0.15, -0.1) is 0 Å². The van der Waals surface area contributed by atoms with E-state index < -0.39 is 15.9 Å². The van der Waals surface area contributed by atoms with Gasteiger partial charge in [-0.3, -0.25) is 9.10 Å². The molecule has 1 saturated heterocycles. The number of nitrogens with zero attached hydrogens (tertiary/aromatic N) is 2. The van der Waals surface area contributed by atoms with Crippen LogP contribution < -0.4 is 14.5 Å². The average Bonchev–Trinajstić information content (AvgIpc) is 2.84. The Hall–Kier alpha value is -2.84.